The van der Waals surface area contributed by atoms with Gasteiger partial charge < -0.3 is 20.7 Å². The van der Waals surface area contributed by atoms with E-state index in [0.29, 0.717) is 30.0 Å². The number of amides is 2. The Bertz CT molecular complexity index is 964. The van der Waals surface area contributed by atoms with Crippen LogP contribution < -0.4 is 20.7 Å². The minimum Gasteiger partial charge on any atom is -0.488 e. The zero-order valence-electron chi connectivity index (χ0n) is 16.8. The summed E-state index contributed by atoms with van der Waals surface area (Å²) in [5.74, 6) is -3.48. The second-order valence-electron chi connectivity index (χ2n) is 7.09. The van der Waals surface area contributed by atoms with E-state index in [-0.39, 0.29) is 36.1 Å². The highest BCUT2D eigenvalue weighted by Gasteiger charge is 2.29. The van der Waals surface area contributed by atoms with Gasteiger partial charge in [0.25, 0.3) is 0 Å². The van der Waals surface area contributed by atoms with Gasteiger partial charge in [-0.05, 0) is 13.3 Å². The molecule has 1 atom stereocenters. The van der Waals surface area contributed by atoms with Gasteiger partial charge in [0.2, 0.25) is 17.6 Å². The van der Waals surface area contributed by atoms with Crippen molar-refractivity contribution in [2.24, 2.45) is 0 Å². The number of pyridine rings is 1. The highest BCUT2D eigenvalue weighted by atomic mass is 19.3. The summed E-state index contributed by atoms with van der Waals surface area (Å²) < 4.78 is 33.2. The average Bonchev–Trinajstić information content (AvgIpc) is 3.04. The molecule has 0 bridgehead atoms. The normalized spacial score (nSPS) is 16.2. The van der Waals surface area contributed by atoms with Crippen LogP contribution in [-0.2, 0) is 15.5 Å². The number of nitrogens with zero attached hydrogens (tertiary/aromatic N) is 3. The highest BCUT2D eigenvalue weighted by molar-refractivity contribution is 5.88. The third-order valence-electron chi connectivity index (χ3n) is 4.21. The van der Waals surface area contributed by atoms with Gasteiger partial charge in [-0.1, -0.05) is 0 Å². The number of alkyl halides is 2. The van der Waals surface area contributed by atoms with Crippen LogP contribution in [0, 0.1) is 6.92 Å². The number of ether oxygens (including phenoxy) is 1. The molecule has 9 nitrogen and oxygen atoms in total. The van der Waals surface area contributed by atoms with Crippen LogP contribution in [0.4, 0.5) is 26.1 Å². The van der Waals surface area contributed by atoms with Gasteiger partial charge in [0.05, 0.1) is 17.9 Å². The molecule has 3 rings (SSSR count). The van der Waals surface area contributed by atoms with E-state index >= 15 is 0 Å². The fourth-order valence-electron chi connectivity index (χ4n) is 2.86. The summed E-state index contributed by atoms with van der Waals surface area (Å²) in [7, 11) is 0. The van der Waals surface area contributed by atoms with Crippen molar-refractivity contribution in [1.29, 1.82) is 0 Å². The molecule has 11 heteroatoms. The molecule has 0 aromatic carbocycles. The van der Waals surface area contributed by atoms with Crippen LogP contribution in [0.1, 0.15) is 38.2 Å². The molecule has 2 amide bonds. The first kappa shape index (κ1) is 21.3. The van der Waals surface area contributed by atoms with Crippen LogP contribution in [0.25, 0.3) is 0 Å². The molecule has 1 fully saturated rings. The van der Waals surface area contributed by atoms with Crippen LogP contribution >= 0.6 is 0 Å². The number of carbonyl (C=O) groups excluding carboxylic acids is 2. The van der Waals surface area contributed by atoms with Gasteiger partial charge in [-0.3, -0.25) is 9.59 Å². The van der Waals surface area contributed by atoms with Gasteiger partial charge >= 0.3 is 5.92 Å². The molecule has 2 aromatic heterocycles. The third kappa shape index (κ3) is 5.58. The van der Waals surface area contributed by atoms with Gasteiger partial charge in [0.15, 0.2) is 5.75 Å². The van der Waals surface area contributed by atoms with E-state index in [2.05, 4.69) is 30.9 Å². The Balaban J connectivity index is 1.87. The summed E-state index contributed by atoms with van der Waals surface area (Å²) in [6, 6.07) is 2.88. The predicted molar refractivity (Wildman–Crippen MR) is 105 cm³/mol. The SMILES string of the molecule is CC(=O)Nc1cc(Nc2cc(C)nc(C(C)(F)F)n2)c(OC[C@H]2CCC(=O)N2)cn1. The quantitative estimate of drug-likeness (QED) is 0.630. The number of aromatic nitrogens is 3. The van der Waals surface area contributed by atoms with Crippen molar-refractivity contribution in [2.45, 2.75) is 45.6 Å². The van der Waals surface area contributed by atoms with Crippen LogP contribution in [0.3, 0.4) is 0 Å². The fourth-order valence-corrected chi connectivity index (χ4v) is 2.86. The monoisotopic (exact) mass is 420 g/mol. The van der Waals surface area contributed by atoms with Crippen molar-refractivity contribution < 1.29 is 23.1 Å². The number of halogens is 2. The lowest BCUT2D eigenvalue weighted by Crippen LogP contribution is -2.31. The maximum atomic E-state index is 13.7. The zero-order valence-corrected chi connectivity index (χ0v) is 16.8. The van der Waals surface area contributed by atoms with Crippen LogP contribution in [0.15, 0.2) is 18.3 Å². The Labute approximate surface area is 171 Å². The van der Waals surface area contributed by atoms with Gasteiger partial charge in [-0.25, -0.2) is 15.0 Å². The first-order valence-corrected chi connectivity index (χ1v) is 9.31. The number of rotatable bonds is 7. The molecule has 2 aromatic rings. The number of hydrogen-bond acceptors (Lipinski definition) is 7. The topological polar surface area (TPSA) is 118 Å². The largest absolute Gasteiger partial charge is 0.488 e. The standard InChI is InChI=1S/C19H22F2N6O3/c1-10-6-16(27-18(23-10)19(3,20)21)26-13-7-15(24-11(2)28)22-8-14(13)30-9-12-4-5-17(29)25-12/h6-8,12H,4-5,9H2,1-3H3,(H,25,29)(H2,22,23,24,26,27,28)/t12-/m1/s1. The molecule has 160 valence electrons. The second kappa shape index (κ2) is 8.56. The third-order valence-corrected chi connectivity index (χ3v) is 4.21. The predicted octanol–water partition coefficient (Wildman–Crippen LogP) is 2.65. The van der Waals surface area contributed by atoms with E-state index in [1.807, 2.05) is 0 Å². The smallest absolute Gasteiger partial charge is 0.303 e. The highest BCUT2D eigenvalue weighted by Crippen LogP contribution is 2.31. The number of nitrogens with one attached hydrogen (secondary N) is 3. The van der Waals surface area contributed by atoms with Crippen LogP contribution in [-0.4, -0.2) is 39.4 Å². The first-order valence-electron chi connectivity index (χ1n) is 9.31. The van der Waals surface area contributed by atoms with Gasteiger partial charge in [0.1, 0.15) is 18.2 Å². The number of anilines is 3. The van der Waals surface area contributed by atoms with Crippen LogP contribution in [0.2, 0.25) is 0 Å². The summed E-state index contributed by atoms with van der Waals surface area (Å²) in [5, 5.41) is 8.29. The lowest BCUT2D eigenvalue weighted by Gasteiger charge is -2.17. The van der Waals surface area contributed by atoms with Crippen molar-refractivity contribution >= 4 is 29.1 Å². The number of carbonyl (C=O) groups is 2. The Kier molecular flexibility index (Phi) is 6.09. The molecule has 30 heavy (non-hydrogen) atoms. The van der Waals surface area contributed by atoms with Gasteiger partial charge in [-0.15, -0.1) is 0 Å². The van der Waals surface area contributed by atoms with E-state index in [1.165, 1.54) is 25.3 Å². The number of aryl methyl sites for hydroxylation is 1. The molecule has 1 saturated heterocycles. The Morgan fingerprint density at radius 2 is 2.10 bits per heavy atom. The first-order chi connectivity index (χ1) is 14.1. The molecule has 1 aliphatic rings. The summed E-state index contributed by atoms with van der Waals surface area (Å²) >= 11 is 0. The van der Waals surface area contributed by atoms with E-state index in [9.17, 15) is 18.4 Å². The molecular formula is C19H22F2N6O3. The summed E-state index contributed by atoms with van der Waals surface area (Å²) in [4.78, 5) is 34.5. The van der Waals surface area contributed by atoms with Crippen molar-refractivity contribution in [1.82, 2.24) is 20.3 Å². The van der Waals surface area contributed by atoms with Crippen molar-refractivity contribution in [3.05, 3.63) is 29.8 Å². The minimum absolute atomic E-state index is 0.0365. The zero-order chi connectivity index (χ0) is 21.9. The molecular weight excluding hydrogens is 398 g/mol. The fraction of sp³-hybridized carbons (Fsp3) is 0.421. The number of hydrogen-bond donors (Lipinski definition) is 3. The van der Waals surface area contributed by atoms with Gasteiger partial charge in [-0.2, -0.15) is 8.78 Å². The molecule has 0 saturated carbocycles. The minimum atomic E-state index is -3.21. The van der Waals surface area contributed by atoms with Crippen molar-refractivity contribution in [3.8, 4) is 5.75 Å². The average molecular weight is 420 g/mol. The molecule has 1 aliphatic heterocycles. The molecule has 3 N–H and O–H groups in total. The Hall–Kier alpha value is -3.37. The lowest BCUT2D eigenvalue weighted by atomic mass is 10.2. The summed E-state index contributed by atoms with van der Waals surface area (Å²) in [5.41, 5.74) is 0.720. The molecule has 0 aliphatic carbocycles. The Morgan fingerprint density at radius 3 is 2.73 bits per heavy atom. The van der Waals surface area contributed by atoms with E-state index in [0.717, 1.165) is 6.92 Å². The van der Waals surface area contributed by atoms with Gasteiger partial charge in [0, 0.05) is 38.1 Å². The van der Waals surface area contributed by atoms with Crippen LogP contribution in [0.5, 0.6) is 5.75 Å². The molecule has 3 heterocycles. The van der Waals surface area contributed by atoms with E-state index in [4.69, 9.17) is 4.74 Å². The molecule has 0 radical (unpaired) electrons. The molecule has 0 unspecified atom stereocenters. The lowest BCUT2D eigenvalue weighted by molar-refractivity contribution is -0.119. The van der Waals surface area contributed by atoms with Crippen molar-refractivity contribution in [3.63, 3.8) is 0 Å². The Morgan fingerprint density at radius 1 is 1.33 bits per heavy atom. The van der Waals surface area contributed by atoms with Crippen molar-refractivity contribution in [2.75, 3.05) is 17.2 Å². The molecule has 0 spiro atoms. The van der Waals surface area contributed by atoms with E-state index < -0.39 is 11.7 Å². The summed E-state index contributed by atoms with van der Waals surface area (Å²) in [6.45, 7) is 3.85. The maximum Gasteiger partial charge on any atom is 0.303 e. The maximum absolute atomic E-state index is 13.7. The second-order valence-corrected chi connectivity index (χ2v) is 7.09. The van der Waals surface area contributed by atoms with E-state index in [1.54, 1.807) is 6.92 Å². The summed E-state index contributed by atoms with van der Waals surface area (Å²) in [6.07, 6.45) is 2.49.